The van der Waals surface area contributed by atoms with Crippen molar-refractivity contribution in [1.29, 1.82) is 0 Å². The van der Waals surface area contributed by atoms with Crippen LogP contribution in [-0.4, -0.2) is 62.2 Å². The fourth-order valence-corrected chi connectivity index (χ4v) is 3.99. The zero-order valence-electron chi connectivity index (χ0n) is 16.3. The molecule has 6 heteroatoms. The van der Waals surface area contributed by atoms with Crippen LogP contribution in [0.4, 0.5) is 4.39 Å². The SMILES string of the molecule is COC1(C)OC2CN(Cc3ccccc3)C[C@H](C(C)F)C2OC1(C)OC. The first-order chi connectivity index (χ1) is 12.3. The summed E-state index contributed by atoms with van der Waals surface area (Å²) in [5.74, 6) is -2.46. The highest BCUT2D eigenvalue weighted by atomic mass is 19.1. The lowest BCUT2D eigenvalue weighted by Crippen LogP contribution is -2.70. The van der Waals surface area contributed by atoms with Crippen LogP contribution in [0.5, 0.6) is 0 Å². The second kappa shape index (κ2) is 7.52. The summed E-state index contributed by atoms with van der Waals surface area (Å²) in [5.41, 5.74) is 1.20. The van der Waals surface area contributed by atoms with Gasteiger partial charge in [-0.1, -0.05) is 30.3 Å². The van der Waals surface area contributed by atoms with E-state index in [4.69, 9.17) is 18.9 Å². The molecule has 26 heavy (non-hydrogen) atoms. The van der Waals surface area contributed by atoms with E-state index in [1.165, 1.54) is 5.56 Å². The summed E-state index contributed by atoms with van der Waals surface area (Å²) in [5, 5.41) is 0. The summed E-state index contributed by atoms with van der Waals surface area (Å²) in [7, 11) is 3.13. The van der Waals surface area contributed by atoms with Gasteiger partial charge in [-0.2, -0.15) is 0 Å². The molecule has 2 aliphatic rings. The lowest BCUT2D eigenvalue weighted by Gasteiger charge is -2.56. The summed E-state index contributed by atoms with van der Waals surface area (Å²) in [6.45, 7) is 7.19. The van der Waals surface area contributed by atoms with Crippen molar-refractivity contribution in [3.8, 4) is 0 Å². The van der Waals surface area contributed by atoms with Gasteiger partial charge in [0.1, 0.15) is 12.3 Å². The lowest BCUT2D eigenvalue weighted by molar-refractivity contribution is -0.458. The average Bonchev–Trinajstić information content (AvgIpc) is 2.63. The third-order valence-corrected chi connectivity index (χ3v) is 5.88. The Kier molecular flexibility index (Phi) is 5.70. The molecule has 0 amide bonds. The van der Waals surface area contributed by atoms with Crippen molar-refractivity contribution in [3.05, 3.63) is 35.9 Å². The Bertz CT molecular complexity index is 601. The Morgan fingerprint density at radius 3 is 2.31 bits per heavy atom. The van der Waals surface area contributed by atoms with Gasteiger partial charge in [0.15, 0.2) is 0 Å². The number of methoxy groups -OCH3 is 2. The zero-order chi connectivity index (χ0) is 18.9. The number of fused-ring (bicyclic) bond motifs is 1. The third kappa shape index (κ3) is 3.53. The number of hydrogen-bond acceptors (Lipinski definition) is 5. The molecule has 1 aromatic carbocycles. The van der Waals surface area contributed by atoms with Gasteiger partial charge in [0.05, 0.1) is 6.10 Å². The van der Waals surface area contributed by atoms with E-state index < -0.39 is 17.7 Å². The second-order valence-corrected chi connectivity index (χ2v) is 7.56. The molecule has 0 aromatic heterocycles. The van der Waals surface area contributed by atoms with Crippen LogP contribution in [0.1, 0.15) is 26.3 Å². The van der Waals surface area contributed by atoms with Crippen molar-refractivity contribution >= 4 is 0 Å². The Labute approximate surface area is 155 Å². The number of benzene rings is 1. The summed E-state index contributed by atoms with van der Waals surface area (Å²) in [4.78, 5) is 2.23. The van der Waals surface area contributed by atoms with E-state index in [2.05, 4.69) is 17.0 Å². The molecule has 5 unspecified atom stereocenters. The first-order valence-electron chi connectivity index (χ1n) is 9.18. The molecule has 0 N–H and O–H groups in total. The van der Waals surface area contributed by atoms with Crippen LogP contribution in [0, 0.1) is 5.92 Å². The molecule has 1 aromatic rings. The first kappa shape index (κ1) is 19.7. The van der Waals surface area contributed by atoms with Gasteiger partial charge in [0.2, 0.25) is 11.6 Å². The standard InChI is InChI=1S/C20H30FNO4/c1-14(21)16-12-22(11-15-9-7-6-8-10-15)13-17-18(16)26-20(3,24-5)19(2,23-4)25-17/h6-10,14,16-18H,11-13H2,1-5H3/t14?,16-,17?,18?,19?,20?/m1/s1. The molecule has 2 aliphatic heterocycles. The fourth-order valence-electron chi connectivity index (χ4n) is 3.99. The highest BCUT2D eigenvalue weighted by Gasteiger charge is 2.59. The highest BCUT2D eigenvalue weighted by Crippen LogP contribution is 2.43. The number of hydrogen-bond donors (Lipinski definition) is 0. The van der Waals surface area contributed by atoms with Gasteiger partial charge in [-0.15, -0.1) is 0 Å². The molecule has 2 saturated heterocycles. The monoisotopic (exact) mass is 367 g/mol. The molecular weight excluding hydrogens is 337 g/mol. The van der Waals surface area contributed by atoms with Crippen molar-refractivity contribution in [2.24, 2.45) is 5.92 Å². The van der Waals surface area contributed by atoms with E-state index >= 15 is 0 Å². The van der Waals surface area contributed by atoms with Crippen LogP contribution in [0.25, 0.3) is 0 Å². The minimum absolute atomic E-state index is 0.288. The van der Waals surface area contributed by atoms with Gasteiger partial charge in [-0.25, -0.2) is 4.39 Å². The maximum atomic E-state index is 14.5. The van der Waals surface area contributed by atoms with Crippen LogP contribution < -0.4 is 0 Å². The largest absolute Gasteiger partial charge is 0.349 e. The van der Waals surface area contributed by atoms with Gasteiger partial charge in [0, 0.05) is 39.8 Å². The van der Waals surface area contributed by atoms with E-state index in [9.17, 15) is 4.39 Å². The predicted molar refractivity (Wildman–Crippen MR) is 96.4 cm³/mol. The first-order valence-corrected chi connectivity index (χ1v) is 9.18. The molecule has 2 heterocycles. The quantitative estimate of drug-likeness (QED) is 0.800. The maximum absolute atomic E-state index is 14.5. The third-order valence-electron chi connectivity index (χ3n) is 5.88. The minimum Gasteiger partial charge on any atom is -0.349 e. The fraction of sp³-hybridized carbons (Fsp3) is 0.700. The van der Waals surface area contributed by atoms with Gasteiger partial charge in [-0.05, 0) is 26.3 Å². The van der Waals surface area contributed by atoms with Crippen LogP contribution >= 0.6 is 0 Å². The van der Waals surface area contributed by atoms with E-state index in [-0.39, 0.29) is 18.1 Å². The molecule has 146 valence electrons. The number of ether oxygens (including phenoxy) is 4. The molecule has 0 aliphatic carbocycles. The predicted octanol–water partition coefficient (Wildman–Crippen LogP) is 2.99. The van der Waals surface area contributed by atoms with Crippen molar-refractivity contribution in [1.82, 2.24) is 4.90 Å². The molecular formula is C20H30FNO4. The van der Waals surface area contributed by atoms with Crippen LogP contribution in [0.2, 0.25) is 0 Å². The van der Waals surface area contributed by atoms with Crippen molar-refractivity contribution in [2.45, 2.75) is 57.3 Å². The van der Waals surface area contributed by atoms with Crippen LogP contribution in [-0.2, 0) is 25.5 Å². The van der Waals surface area contributed by atoms with Crippen molar-refractivity contribution in [2.75, 3.05) is 27.3 Å². The van der Waals surface area contributed by atoms with E-state index in [1.807, 2.05) is 18.2 Å². The number of alkyl halides is 1. The maximum Gasteiger partial charge on any atom is 0.220 e. The van der Waals surface area contributed by atoms with Crippen molar-refractivity contribution in [3.63, 3.8) is 0 Å². The second-order valence-electron chi connectivity index (χ2n) is 7.56. The van der Waals surface area contributed by atoms with E-state index in [1.54, 1.807) is 35.0 Å². The topological polar surface area (TPSA) is 40.2 Å². The van der Waals surface area contributed by atoms with Crippen LogP contribution in [0.3, 0.4) is 0 Å². The highest BCUT2D eigenvalue weighted by molar-refractivity contribution is 5.15. The van der Waals surface area contributed by atoms with Gasteiger partial charge in [0.25, 0.3) is 0 Å². The average molecular weight is 367 g/mol. The molecule has 0 spiro atoms. The van der Waals surface area contributed by atoms with Gasteiger partial charge >= 0.3 is 0 Å². The molecule has 5 nitrogen and oxygen atoms in total. The molecule has 0 saturated carbocycles. The molecule has 0 radical (unpaired) electrons. The smallest absolute Gasteiger partial charge is 0.220 e. The van der Waals surface area contributed by atoms with Gasteiger partial charge in [-0.3, -0.25) is 4.90 Å². The molecule has 2 fully saturated rings. The number of likely N-dealkylation sites (tertiary alicyclic amines) is 1. The Balaban J connectivity index is 1.83. The zero-order valence-corrected chi connectivity index (χ0v) is 16.3. The Morgan fingerprint density at radius 2 is 1.73 bits per heavy atom. The number of rotatable bonds is 5. The molecule has 3 rings (SSSR count). The normalized spacial score (nSPS) is 39.4. The van der Waals surface area contributed by atoms with Crippen molar-refractivity contribution < 1.29 is 23.3 Å². The van der Waals surface area contributed by atoms with E-state index in [0.29, 0.717) is 13.1 Å². The summed E-state index contributed by atoms with van der Waals surface area (Å²) >= 11 is 0. The minimum atomic E-state index is -1.10. The number of piperidine rings is 1. The Morgan fingerprint density at radius 1 is 1.12 bits per heavy atom. The van der Waals surface area contributed by atoms with Crippen LogP contribution in [0.15, 0.2) is 30.3 Å². The Hall–Kier alpha value is -1.05. The number of halogens is 1. The summed E-state index contributed by atoms with van der Waals surface area (Å²) in [6.07, 6.45) is -1.68. The molecule has 6 atom stereocenters. The van der Waals surface area contributed by atoms with Gasteiger partial charge < -0.3 is 18.9 Å². The lowest BCUT2D eigenvalue weighted by atomic mass is 9.86. The van der Waals surface area contributed by atoms with E-state index in [0.717, 1.165) is 6.54 Å². The number of nitrogens with zero attached hydrogens (tertiary/aromatic N) is 1. The summed E-state index contributed by atoms with van der Waals surface area (Å²) < 4.78 is 38.2. The summed E-state index contributed by atoms with van der Waals surface area (Å²) in [6, 6.07) is 10.2. The molecule has 0 bridgehead atoms.